The van der Waals surface area contributed by atoms with Gasteiger partial charge in [-0.15, -0.1) is 23.1 Å². The van der Waals surface area contributed by atoms with E-state index >= 15 is 0 Å². The smallest absolute Gasteiger partial charge is 0.162 e. The van der Waals surface area contributed by atoms with Gasteiger partial charge in [0, 0.05) is 27.5 Å². The molecule has 2 heterocycles. The summed E-state index contributed by atoms with van der Waals surface area (Å²) in [6, 6.07) is 12.6. The summed E-state index contributed by atoms with van der Waals surface area (Å²) < 4.78 is 0. The Morgan fingerprint density at radius 3 is 2.74 bits per heavy atom. The Balaban J connectivity index is 1.88. The first-order chi connectivity index (χ1) is 11.0. The molecule has 1 aliphatic heterocycles. The number of carbonyl (C=O) groups excluding carboxylic acids is 1. The highest BCUT2D eigenvalue weighted by molar-refractivity contribution is 8.00. The minimum atomic E-state index is 0.0207. The van der Waals surface area contributed by atoms with Crippen LogP contribution in [-0.2, 0) is 4.79 Å². The molecular weight excluding hydrogens is 322 g/mol. The number of thiophene rings is 1. The molecule has 1 N–H and O–H groups in total. The molecule has 0 bridgehead atoms. The molecule has 0 spiro atoms. The number of thioether (sulfide) groups is 1. The van der Waals surface area contributed by atoms with Crippen LogP contribution in [0.4, 0.5) is 5.69 Å². The van der Waals surface area contributed by atoms with E-state index in [1.54, 1.807) is 23.1 Å². The fourth-order valence-corrected chi connectivity index (χ4v) is 5.68. The molecule has 1 aliphatic carbocycles. The lowest BCUT2D eigenvalue weighted by molar-refractivity contribution is -0.118. The summed E-state index contributed by atoms with van der Waals surface area (Å²) in [6.45, 7) is 4.36. The molecule has 0 saturated heterocycles. The first kappa shape index (κ1) is 15.0. The van der Waals surface area contributed by atoms with Gasteiger partial charge in [0.1, 0.15) is 0 Å². The molecule has 2 aliphatic rings. The number of rotatable bonds is 1. The normalized spacial score (nSPS) is 22.9. The summed E-state index contributed by atoms with van der Waals surface area (Å²) in [6.07, 6.45) is 1.55. The quantitative estimate of drug-likeness (QED) is 0.726. The summed E-state index contributed by atoms with van der Waals surface area (Å²) in [5.41, 5.74) is 3.23. The van der Waals surface area contributed by atoms with Gasteiger partial charge < -0.3 is 5.32 Å². The Morgan fingerprint density at radius 1 is 1.13 bits per heavy atom. The van der Waals surface area contributed by atoms with Gasteiger partial charge in [-0.1, -0.05) is 32.0 Å². The maximum atomic E-state index is 12.9. The molecule has 2 nitrogen and oxygen atoms in total. The van der Waals surface area contributed by atoms with Crippen LogP contribution >= 0.6 is 23.1 Å². The van der Waals surface area contributed by atoms with Gasteiger partial charge in [-0.2, -0.15) is 0 Å². The average molecular weight is 342 g/mol. The van der Waals surface area contributed by atoms with Gasteiger partial charge in [0.15, 0.2) is 5.78 Å². The van der Waals surface area contributed by atoms with E-state index in [9.17, 15) is 4.79 Å². The van der Waals surface area contributed by atoms with Crippen LogP contribution in [0.1, 0.15) is 36.8 Å². The first-order valence-electron chi connectivity index (χ1n) is 7.86. The van der Waals surface area contributed by atoms with E-state index in [0.717, 1.165) is 23.4 Å². The minimum Gasteiger partial charge on any atom is -0.358 e. The number of allylic oxidation sites excluding steroid dienone is 1. The van der Waals surface area contributed by atoms with Crippen LogP contribution in [0.3, 0.4) is 0 Å². The monoisotopic (exact) mass is 341 g/mol. The van der Waals surface area contributed by atoms with Gasteiger partial charge in [-0.3, -0.25) is 4.79 Å². The second-order valence-electron chi connectivity index (χ2n) is 6.97. The number of para-hydroxylation sites is 1. The topological polar surface area (TPSA) is 29.1 Å². The highest BCUT2D eigenvalue weighted by atomic mass is 32.2. The summed E-state index contributed by atoms with van der Waals surface area (Å²) >= 11 is 3.53. The number of carbonyl (C=O) groups is 1. The van der Waals surface area contributed by atoms with Gasteiger partial charge in [0.2, 0.25) is 0 Å². The highest BCUT2D eigenvalue weighted by Gasteiger charge is 2.39. The van der Waals surface area contributed by atoms with E-state index in [0.29, 0.717) is 12.2 Å². The van der Waals surface area contributed by atoms with E-state index in [-0.39, 0.29) is 10.7 Å². The van der Waals surface area contributed by atoms with Gasteiger partial charge in [-0.05, 0) is 35.4 Å². The van der Waals surface area contributed by atoms with Crippen molar-refractivity contribution in [1.82, 2.24) is 0 Å². The van der Waals surface area contributed by atoms with Gasteiger partial charge >= 0.3 is 0 Å². The van der Waals surface area contributed by atoms with Crippen LogP contribution in [0, 0.1) is 5.41 Å². The molecular formula is C19H19NOS2. The largest absolute Gasteiger partial charge is 0.358 e. The van der Waals surface area contributed by atoms with Crippen molar-refractivity contribution in [3.05, 3.63) is 57.9 Å². The number of anilines is 1. The Hall–Kier alpha value is -1.52. The van der Waals surface area contributed by atoms with Crippen LogP contribution in [0.2, 0.25) is 0 Å². The number of hydrogen-bond acceptors (Lipinski definition) is 4. The maximum Gasteiger partial charge on any atom is 0.162 e. The molecule has 0 saturated carbocycles. The zero-order valence-corrected chi connectivity index (χ0v) is 14.9. The Labute approximate surface area is 145 Å². The Morgan fingerprint density at radius 2 is 1.96 bits per heavy atom. The minimum absolute atomic E-state index is 0.0207. The van der Waals surface area contributed by atoms with E-state index in [1.807, 2.05) is 6.07 Å². The second-order valence-corrected chi connectivity index (χ2v) is 9.09. The SMILES string of the molecule is CC1(C)CC(=O)C2=C(C1)Nc1ccccc1SC2c1cccs1. The molecule has 1 unspecified atom stereocenters. The zero-order valence-electron chi connectivity index (χ0n) is 13.3. The summed E-state index contributed by atoms with van der Waals surface area (Å²) in [4.78, 5) is 15.4. The van der Waals surface area contributed by atoms with E-state index in [1.165, 1.54) is 9.77 Å². The van der Waals surface area contributed by atoms with Crippen molar-refractivity contribution in [1.29, 1.82) is 0 Å². The third-order valence-corrected chi connectivity index (χ3v) is 6.82. The highest BCUT2D eigenvalue weighted by Crippen LogP contribution is 2.52. The second kappa shape index (κ2) is 5.53. The predicted molar refractivity (Wildman–Crippen MR) is 98.0 cm³/mol. The van der Waals surface area contributed by atoms with Crippen LogP contribution in [-0.4, -0.2) is 5.78 Å². The summed E-state index contributed by atoms with van der Waals surface area (Å²) in [7, 11) is 0. The Kier molecular flexibility index (Phi) is 3.62. The number of nitrogens with one attached hydrogen (secondary N) is 1. The van der Waals surface area contributed by atoms with Gasteiger partial charge in [0.05, 0.1) is 10.9 Å². The third-order valence-electron chi connectivity index (χ3n) is 4.40. The van der Waals surface area contributed by atoms with Crippen molar-refractivity contribution in [3.63, 3.8) is 0 Å². The number of ketones is 1. The summed E-state index contributed by atoms with van der Waals surface area (Å²) in [5.74, 6) is 0.294. The fourth-order valence-electron chi connectivity index (χ4n) is 3.41. The number of benzene rings is 1. The molecule has 4 heteroatoms. The molecule has 2 aromatic rings. The van der Waals surface area contributed by atoms with Crippen LogP contribution in [0.25, 0.3) is 0 Å². The predicted octanol–water partition coefficient (Wildman–Crippen LogP) is 5.65. The summed E-state index contributed by atoms with van der Waals surface area (Å²) in [5, 5.41) is 5.78. The molecule has 1 aromatic heterocycles. The third kappa shape index (κ3) is 2.74. The zero-order chi connectivity index (χ0) is 16.0. The van der Waals surface area contributed by atoms with Crippen LogP contribution in [0.15, 0.2) is 57.9 Å². The lowest BCUT2D eigenvalue weighted by Crippen LogP contribution is -2.29. The molecule has 0 radical (unpaired) electrons. The van der Waals surface area contributed by atoms with Crippen molar-refractivity contribution >= 4 is 34.6 Å². The first-order valence-corrected chi connectivity index (χ1v) is 9.62. The molecule has 0 fully saturated rings. The Bertz CT molecular complexity index is 789. The van der Waals surface area contributed by atoms with Crippen LogP contribution < -0.4 is 5.32 Å². The van der Waals surface area contributed by atoms with Crippen molar-refractivity contribution < 1.29 is 4.79 Å². The van der Waals surface area contributed by atoms with Crippen molar-refractivity contribution in [3.8, 4) is 0 Å². The number of fused-ring (bicyclic) bond motifs is 1. The molecule has 4 rings (SSSR count). The molecule has 23 heavy (non-hydrogen) atoms. The van der Waals surface area contributed by atoms with Crippen LogP contribution in [0.5, 0.6) is 0 Å². The molecule has 0 amide bonds. The number of Topliss-reactive ketones (excluding diaryl/α,β-unsaturated/α-hetero) is 1. The van der Waals surface area contributed by atoms with Gasteiger partial charge in [0.25, 0.3) is 0 Å². The standard InChI is InChI=1S/C19H19NOS2/c1-19(2)10-13-17(14(21)11-19)18(16-8-5-9-22-16)23-15-7-4-3-6-12(15)20-13/h3-9,18,20H,10-11H2,1-2H3. The average Bonchev–Trinajstić information content (AvgIpc) is 2.95. The maximum absolute atomic E-state index is 12.9. The fraction of sp³-hybridized carbons (Fsp3) is 0.316. The molecule has 1 aromatic carbocycles. The molecule has 118 valence electrons. The van der Waals surface area contributed by atoms with E-state index < -0.39 is 0 Å². The van der Waals surface area contributed by atoms with E-state index in [2.05, 4.69) is 54.9 Å². The van der Waals surface area contributed by atoms with E-state index in [4.69, 9.17) is 0 Å². The lowest BCUT2D eigenvalue weighted by atomic mass is 9.75. The lowest BCUT2D eigenvalue weighted by Gasteiger charge is -2.33. The van der Waals surface area contributed by atoms with Gasteiger partial charge in [-0.25, -0.2) is 0 Å². The van der Waals surface area contributed by atoms with Crippen molar-refractivity contribution in [2.75, 3.05) is 5.32 Å². The number of hydrogen-bond donors (Lipinski definition) is 1. The van der Waals surface area contributed by atoms with Crippen molar-refractivity contribution in [2.45, 2.75) is 36.8 Å². The molecule has 1 atom stereocenters. The van der Waals surface area contributed by atoms with Crippen molar-refractivity contribution in [2.24, 2.45) is 5.41 Å².